The molecule has 0 spiro atoms. The number of carbonyl (C=O) groups excluding carboxylic acids is 2. The molecule has 0 aliphatic carbocycles. The van der Waals surface area contributed by atoms with E-state index in [-0.39, 0.29) is 43.7 Å². The molecule has 2 amide bonds. The zero-order valence-corrected chi connectivity index (χ0v) is 26.1. The number of benzene rings is 3. The van der Waals surface area contributed by atoms with Crippen LogP contribution in [0.25, 0.3) is 0 Å². The zero-order chi connectivity index (χ0) is 30.7. The van der Waals surface area contributed by atoms with Crippen LogP contribution in [-0.4, -0.2) is 57.6 Å². The zero-order valence-electron chi connectivity index (χ0n) is 25.2. The van der Waals surface area contributed by atoms with Gasteiger partial charge in [0.25, 0.3) is 0 Å². The molecule has 226 valence electrons. The highest BCUT2D eigenvalue weighted by Crippen LogP contribution is 2.30. The number of carbonyl (C=O) groups is 2. The molecule has 8 nitrogen and oxygen atoms in total. The van der Waals surface area contributed by atoms with Gasteiger partial charge in [-0.05, 0) is 42.5 Å². The number of nitrogens with zero attached hydrogens (tertiary/aromatic N) is 2. The molecule has 1 N–H and O–H groups in total. The molecule has 3 aromatic rings. The Morgan fingerprint density at radius 3 is 2.24 bits per heavy atom. The molecule has 3 rings (SSSR count). The largest absolute Gasteiger partial charge is 0.495 e. The lowest BCUT2D eigenvalue weighted by Crippen LogP contribution is -2.51. The van der Waals surface area contributed by atoms with Crippen molar-refractivity contribution in [2.75, 3.05) is 30.8 Å². The van der Waals surface area contributed by atoms with Crippen molar-refractivity contribution < 1.29 is 22.7 Å². The molecule has 0 aliphatic rings. The first kappa shape index (κ1) is 32.7. The van der Waals surface area contributed by atoms with Gasteiger partial charge in [0.05, 0.1) is 19.1 Å². The van der Waals surface area contributed by atoms with Gasteiger partial charge in [-0.25, -0.2) is 8.42 Å². The molecule has 42 heavy (non-hydrogen) atoms. The van der Waals surface area contributed by atoms with Gasteiger partial charge in [0, 0.05) is 32.5 Å². The summed E-state index contributed by atoms with van der Waals surface area (Å²) < 4.78 is 32.1. The van der Waals surface area contributed by atoms with Crippen molar-refractivity contribution in [1.29, 1.82) is 0 Å². The van der Waals surface area contributed by atoms with E-state index < -0.39 is 16.1 Å². The van der Waals surface area contributed by atoms with Crippen molar-refractivity contribution in [3.63, 3.8) is 0 Å². The van der Waals surface area contributed by atoms with E-state index in [4.69, 9.17) is 4.74 Å². The molecule has 0 heterocycles. The molecule has 3 aromatic carbocycles. The van der Waals surface area contributed by atoms with Gasteiger partial charge in [0.2, 0.25) is 21.8 Å². The number of methoxy groups -OCH3 is 1. The summed E-state index contributed by atoms with van der Waals surface area (Å²) in [4.78, 5) is 29.2. The van der Waals surface area contributed by atoms with Crippen molar-refractivity contribution in [2.45, 2.75) is 52.6 Å². The Labute approximate surface area is 250 Å². The second-order valence-electron chi connectivity index (χ2n) is 11.0. The fourth-order valence-corrected chi connectivity index (χ4v) is 5.77. The highest BCUT2D eigenvalue weighted by molar-refractivity contribution is 7.92. The Hall–Kier alpha value is -3.85. The van der Waals surface area contributed by atoms with Crippen LogP contribution in [0.15, 0.2) is 78.9 Å². The molecule has 0 bridgehead atoms. The lowest BCUT2D eigenvalue weighted by molar-refractivity contribution is -0.141. The van der Waals surface area contributed by atoms with Crippen LogP contribution < -0.4 is 14.4 Å². The molecule has 0 aromatic heterocycles. The van der Waals surface area contributed by atoms with Gasteiger partial charge in [-0.15, -0.1) is 0 Å². The van der Waals surface area contributed by atoms with Crippen LogP contribution in [0.3, 0.4) is 0 Å². The number of hydrogen-bond donors (Lipinski definition) is 1. The standard InChI is InChI=1S/C33H43N3O5S/c1-25(2)23-34-33(38)30(22-27-14-7-6-8-15-27)35(24-28-16-11-13-26(3)21-28)32(37)19-12-20-36(42(5,39)40)29-17-9-10-18-31(29)41-4/h6-11,13-18,21,25,30H,12,19-20,22-24H2,1-5H3,(H,34,38). The van der Waals surface area contributed by atoms with Crippen LogP contribution in [-0.2, 0) is 32.6 Å². The minimum Gasteiger partial charge on any atom is -0.495 e. The quantitative estimate of drug-likeness (QED) is 0.269. The van der Waals surface area contributed by atoms with Gasteiger partial charge in [-0.1, -0.05) is 86.1 Å². The third kappa shape index (κ3) is 9.62. The van der Waals surface area contributed by atoms with Crippen LogP contribution in [0, 0.1) is 12.8 Å². The smallest absolute Gasteiger partial charge is 0.243 e. The van der Waals surface area contributed by atoms with Gasteiger partial charge < -0.3 is 15.0 Å². The molecule has 0 saturated heterocycles. The Morgan fingerprint density at radius 1 is 0.929 bits per heavy atom. The molecular weight excluding hydrogens is 550 g/mol. The molecular formula is C33H43N3O5S. The summed E-state index contributed by atoms with van der Waals surface area (Å²) in [5.41, 5.74) is 3.35. The number of hydrogen-bond acceptors (Lipinski definition) is 5. The van der Waals surface area contributed by atoms with Crippen molar-refractivity contribution in [3.05, 3.63) is 95.6 Å². The summed E-state index contributed by atoms with van der Waals surface area (Å²) in [6.45, 7) is 6.89. The second kappa shape index (κ2) is 15.4. The fourth-order valence-electron chi connectivity index (χ4n) is 4.80. The highest BCUT2D eigenvalue weighted by atomic mass is 32.2. The SMILES string of the molecule is COc1ccccc1N(CCCC(=O)N(Cc1cccc(C)c1)C(Cc1ccccc1)C(=O)NCC(C)C)S(C)(=O)=O. The summed E-state index contributed by atoms with van der Waals surface area (Å²) in [5, 5.41) is 3.03. The lowest BCUT2D eigenvalue weighted by atomic mass is 10.0. The Balaban J connectivity index is 1.90. The van der Waals surface area contributed by atoms with E-state index >= 15 is 0 Å². The van der Waals surface area contributed by atoms with E-state index in [1.807, 2.05) is 75.4 Å². The average molecular weight is 594 g/mol. The van der Waals surface area contributed by atoms with E-state index in [2.05, 4.69) is 5.32 Å². The third-order valence-electron chi connectivity index (χ3n) is 6.90. The Morgan fingerprint density at radius 2 is 1.60 bits per heavy atom. The third-order valence-corrected chi connectivity index (χ3v) is 8.08. The average Bonchev–Trinajstić information content (AvgIpc) is 2.95. The summed E-state index contributed by atoms with van der Waals surface area (Å²) in [6.07, 6.45) is 1.83. The second-order valence-corrected chi connectivity index (χ2v) is 12.9. The summed E-state index contributed by atoms with van der Waals surface area (Å²) >= 11 is 0. The van der Waals surface area contributed by atoms with Crippen molar-refractivity contribution in [3.8, 4) is 5.75 Å². The van der Waals surface area contributed by atoms with E-state index in [9.17, 15) is 18.0 Å². The van der Waals surface area contributed by atoms with Gasteiger partial charge in [0.1, 0.15) is 11.8 Å². The Bertz CT molecular complexity index is 1430. The van der Waals surface area contributed by atoms with Crippen LogP contribution in [0.2, 0.25) is 0 Å². The van der Waals surface area contributed by atoms with Crippen LogP contribution in [0.5, 0.6) is 5.75 Å². The van der Waals surface area contributed by atoms with Crippen LogP contribution in [0.4, 0.5) is 5.69 Å². The fraction of sp³-hybridized carbons (Fsp3) is 0.394. The Kier molecular flexibility index (Phi) is 12.0. The maximum Gasteiger partial charge on any atom is 0.243 e. The van der Waals surface area contributed by atoms with E-state index in [1.54, 1.807) is 29.2 Å². The van der Waals surface area contributed by atoms with Crippen molar-refractivity contribution in [1.82, 2.24) is 10.2 Å². The molecule has 0 saturated carbocycles. The maximum absolute atomic E-state index is 14.0. The minimum absolute atomic E-state index is 0.0652. The first-order chi connectivity index (χ1) is 20.0. The number of sulfonamides is 1. The summed E-state index contributed by atoms with van der Waals surface area (Å²) in [7, 11) is -2.15. The number of amides is 2. The number of nitrogens with one attached hydrogen (secondary N) is 1. The number of para-hydroxylation sites is 2. The minimum atomic E-state index is -3.64. The van der Waals surface area contributed by atoms with Gasteiger partial charge in [-0.3, -0.25) is 13.9 Å². The number of rotatable bonds is 15. The summed E-state index contributed by atoms with van der Waals surface area (Å²) in [5.74, 6) is 0.259. The van der Waals surface area contributed by atoms with Gasteiger partial charge in [-0.2, -0.15) is 0 Å². The molecule has 9 heteroatoms. The number of anilines is 1. The van der Waals surface area contributed by atoms with Gasteiger partial charge >= 0.3 is 0 Å². The van der Waals surface area contributed by atoms with Gasteiger partial charge in [0.15, 0.2) is 0 Å². The predicted octanol–water partition coefficient (Wildman–Crippen LogP) is 4.96. The molecule has 1 atom stereocenters. The van der Waals surface area contributed by atoms with Crippen LogP contribution in [0.1, 0.15) is 43.4 Å². The van der Waals surface area contributed by atoms with E-state index in [0.717, 1.165) is 22.9 Å². The summed E-state index contributed by atoms with van der Waals surface area (Å²) in [6, 6.07) is 23.7. The first-order valence-corrected chi connectivity index (χ1v) is 16.1. The van der Waals surface area contributed by atoms with E-state index in [1.165, 1.54) is 11.4 Å². The highest BCUT2D eigenvalue weighted by Gasteiger charge is 2.31. The molecule has 0 radical (unpaired) electrons. The topological polar surface area (TPSA) is 96.0 Å². The maximum atomic E-state index is 14.0. The number of aryl methyl sites for hydroxylation is 1. The molecule has 0 aliphatic heterocycles. The predicted molar refractivity (Wildman–Crippen MR) is 168 cm³/mol. The monoisotopic (exact) mass is 593 g/mol. The van der Waals surface area contributed by atoms with Crippen molar-refractivity contribution in [2.24, 2.45) is 5.92 Å². The first-order valence-electron chi connectivity index (χ1n) is 14.3. The van der Waals surface area contributed by atoms with Crippen molar-refractivity contribution >= 4 is 27.5 Å². The normalized spacial score (nSPS) is 12.0. The van der Waals surface area contributed by atoms with Crippen LogP contribution >= 0.6 is 0 Å². The lowest BCUT2D eigenvalue weighted by Gasteiger charge is -2.32. The number of ether oxygens (including phenoxy) is 1. The molecule has 1 unspecified atom stereocenters. The molecule has 0 fully saturated rings. The van der Waals surface area contributed by atoms with E-state index in [0.29, 0.717) is 24.4 Å².